The fraction of sp³-hybridized carbons (Fsp3) is 0.632. The van der Waals surface area contributed by atoms with Crippen LogP contribution in [-0.4, -0.2) is 50.1 Å². The summed E-state index contributed by atoms with van der Waals surface area (Å²) >= 11 is 0. The number of hydrogen-bond donors (Lipinski definition) is 1. The minimum absolute atomic E-state index is 0.590. The monoisotopic (exact) mass is 314 g/mol. The third kappa shape index (κ3) is 3.52. The van der Waals surface area contributed by atoms with Gasteiger partial charge in [0, 0.05) is 31.9 Å². The van der Waals surface area contributed by atoms with Crippen molar-refractivity contribution < 1.29 is 0 Å². The number of anilines is 1. The Kier molecular flexibility index (Phi) is 5.21. The highest BCUT2D eigenvalue weighted by Crippen LogP contribution is 2.27. The highest BCUT2D eigenvalue weighted by atomic mass is 15.3. The van der Waals surface area contributed by atoms with E-state index < -0.39 is 0 Å². The van der Waals surface area contributed by atoms with Crippen LogP contribution in [0.5, 0.6) is 0 Å². The molecule has 2 heterocycles. The van der Waals surface area contributed by atoms with Crippen molar-refractivity contribution in [2.24, 2.45) is 10.9 Å². The number of nitrogens with zero attached hydrogens (tertiary/aromatic N) is 3. The van der Waals surface area contributed by atoms with Gasteiger partial charge in [0.25, 0.3) is 0 Å². The number of hydrogen-bond acceptors (Lipinski definition) is 2. The van der Waals surface area contributed by atoms with Gasteiger partial charge >= 0.3 is 0 Å². The smallest absolute Gasteiger partial charge is 0.198 e. The van der Waals surface area contributed by atoms with Crippen LogP contribution in [0.15, 0.2) is 29.3 Å². The van der Waals surface area contributed by atoms with Gasteiger partial charge in [-0.25, -0.2) is 0 Å². The highest BCUT2D eigenvalue weighted by molar-refractivity contribution is 5.97. The van der Waals surface area contributed by atoms with Crippen molar-refractivity contribution in [1.82, 2.24) is 10.2 Å². The second-order valence-corrected chi connectivity index (χ2v) is 7.01. The first kappa shape index (κ1) is 16.3. The Morgan fingerprint density at radius 3 is 2.61 bits per heavy atom. The summed E-state index contributed by atoms with van der Waals surface area (Å²) in [6.07, 6.45) is 3.80. The first-order valence-corrected chi connectivity index (χ1v) is 9.01. The van der Waals surface area contributed by atoms with Crippen molar-refractivity contribution in [2.75, 3.05) is 38.1 Å². The molecule has 126 valence electrons. The zero-order valence-corrected chi connectivity index (χ0v) is 14.8. The molecule has 1 unspecified atom stereocenters. The lowest BCUT2D eigenvalue weighted by Crippen LogP contribution is -2.49. The van der Waals surface area contributed by atoms with Crippen LogP contribution in [0.4, 0.5) is 5.69 Å². The maximum Gasteiger partial charge on any atom is 0.198 e. The predicted molar refractivity (Wildman–Crippen MR) is 98.3 cm³/mol. The Hall–Kier alpha value is -1.55. The summed E-state index contributed by atoms with van der Waals surface area (Å²) in [5.41, 5.74) is 2.73. The van der Waals surface area contributed by atoms with Gasteiger partial charge in [-0.1, -0.05) is 32.0 Å². The summed E-state index contributed by atoms with van der Waals surface area (Å²) in [7, 11) is 1.89. The van der Waals surface area contributed by atoms with Gasteiger partial charge in [0.15, 0.2) is 5.96 Å². The van der Waals surface area contributed by atoms with E-state index in [-0.39, 0.29) is 0 Å². The van der Waals surface area contributed by atoms with Crippen molar-refractivity contribution >= 4 is 11.6 Å². The van der Waals surface area contributed by atoms with Gasteiger partial charge in [-0.3, -0.25) is 9.89 Å². The fourth-order valence-corrected chi connectivity index (χ4v) is 3.91. The first-order chi connectivity index (χ1) is 11.2. The summed E-state index contributed by atoms with van der Waals surface area (Å²) in [6, 6.07) is 9.26. The van der Waals surface area contributed by atoms with Crippen LogP contribution in [0.2, 0.25) is 0 Å². The van der Waals surface area contributed by atoms with E-state index in [9.17, 15) is 0 Å². The van der Waals surface area contributed by atoms with Crippen LogP contribution in [0.1, 0.15) is 32.3 Å². The van der Waals surface area contributed by atoms with E-state index in [2.05, 4.69) is 58.2 Å². The van der Waals surface area contributed by atoms with E-state index in [0.29, 0.717) is 12.0 Å². The summed E-state index contributed by atoms with van der Waals surface area (Å²) in [5, 5.41) is 3.64. The standard InChI is InChI=1S/C19H30N4/c1-15(2)18(22-11-6-7-12-22)14-21-19(20-3)23-13-10-16-8-4-5-9-17(16)23/h4-5,8-9,15,18H,6-7,10-14H2,1-3H3,(H,20,21). The van der Waals surface area contributed by atoms with Gasteiger partial charge in [0.05, 0.1) is 0 Å². The lowest BCUT2D eigenvalue weighted by molar-refractivity contribution is 0.192. The van der Waals surface area contributed by atoms with E-state index in [4.69, 9.17) is 0 Å². The second-order valence-electron chi connectivity index (χ2n) is 7.01. The van der Waals surface area contributed by atoms with Crippen LogP contribution in [0.25, 0.3) is 0 Å². The third-order valence-corrected chi connectivity index (χ3v) is 5.20. The summed E-state index contributed by atoms with van der Waals surface area (Å²) in [4.78, 5) is 9.51. The van der Waals surface area contributed by atoms with Crippen molar-refractivity contribution in [1.29, 1.82) is 0 Å². The third-order valence-electron chi connectivity index (χ3n) is 5.20. The number of para-hydroxylation sites is 1. The molecule has 0 bridgehead atoms. The van der Waals surface area contributed by atoms with Gasteiger partial charge < -0.3 is 10.2 Å². The molecule has 0 amide bonds. The first-order valence-electron chi connectivity index (χ1n) is 9.01. The molecule has 4 nitrogen and oxygen atoms in total. The molecule has 0 spiro atoms. The number of fused-ring (bicyclic) bond motifs is 1. The van der Waals surface area contributed by atoms with E-state index in [1.807, 2.05) is 7.05 Å². The molecule has 1 aromatic carbocycles. The van der Waals surface area contributed by atoms with Crippen molar-refractivity contribution in [3.63, 3.8) is 0 Å². The van der Waals surface area contributed by atoms with E-state index in [1.165, 1.54) is 37.2 Å². The van der Waals surface area contributed by atoms with Gasteiger partial charge in [-0.05, 0) is 49.9 Å². The molecule has 1 N–H and O–H groups in total. The van der Waals surface area contributed by atoms with Crippen LogP contribution in [-0.2, 0) is 6.42 Å². The Balaban J connectivity index is 1.66. The molecule has 0 aromatic heterocycles. The summed E-state index contributed by atoms with van der Waals surface area (Å²) < 4.78 is 0. The number of likely N-dealkylation sites (tertiary alicyclic amines) is 1. The lowest BCUT2D eigenvalue weighted by Gasteiger charge is -2.32. The lowest BCUT2D eigenvalue weighted by atomic mass is 10.0. The number of rotatable bonds is 4. The molecule has 1 saturated heterocycles. The maximum atomic E-state index is 4.54. The number of nitrogens with one attached hydrogen (secondary N) is 1. The Morgan fingerprint density at radius 2 is 1.91 bits per heavy atom. The van der Waals surface area contributed by atoms with E-state index >= 15 is 0 Å². The molecule has 2 aliphatic rings. The quantitative estimate of drug-likeness (QED) is 0.685. The Labute approximate surface area is 140 Å². The van der Waals surface area contributed by atoms with Crippen molar-refractivity contribution in [3.05, 3.63) is 29.8 Å². The van der Waals surface area contributed by atoms with E-state index in [0.717, 1.165) is 25.5 Å². The minimum Gasteiger partial charge on any atom is -0.354 e. The van der Waals surface area contributed by atoms with Gasteiger partial charge in [0.2, 0.25) is 0 Å². The molecule has 4 heteroatoms. The SMILES string of the molecule is CN=C(NCC(C(C)C)N1CCCC1)N1CCc2ccccc21. The molecule has 0 aliphatic carbocycles. The minimum atomic E-state index is 0.590. The van der Waals surface area contributed by atoms with Gasteiger partial charge in [-0.2, -0.15) is 0 Å². The molecule has 3 rings (SSSR count). The van der Waals surface area contributed by atoms with Gasteiger partial charge in [0.1, 0.15) is 0 Å². The molecule has 0 saturated carbocycles. The zero-order chi connectivity index (χ0) is 16.2. The second kappa shape index (κ2) is 7.35. The average molecular weight is 314 g/mol. The molecule has 0 radical (unpaired) electrons. The number of guanidine groups is 1. The highest BCUT2D eigenvalue weighted by Gasteiger charge is 2.27. The Morgan fingerprint density at radius 1 is 1.17 bits per heavy atom. The van der Waals surface area contributed by atoms with E-state index in [1.54, 1.807) is 0 Å². The van der Waals surface area contributed by atoms with Crippen LogP contribution >= 0.6 is 0 Å². The Bertz CT molecular complexity index is 546. The topological polar surface area (TPSA) is 30.9 Å². The molecule has 2 aliphatic heterocycles. The average Bonchev–Trinajstić information content (AvgIpc) is 3.21. The molecule has 1 atom stereocenters. The molecule has 1 aromatic rings. The largest absolute Gasteiger partial charge is 0.354 e. The zero-order valence-electron chi connectivity index (χ0n) is 14.8. The van der Waals surface area contributed by atoms with Crippen molar-refractivity contribution in [2.45, 2.75) is 39.2 Å². The van der Waals surface area contributed by atoms with Crippen LogP contribution in [0.3, 0.4) is 0 Å². The predicted octanol–water partition coefficient (Wildman–Crippen LogP) is 2.74. The molecular formula is C19H30N4. The number of benzene rings is 1. The van der Waals surface area contributed by atoms with Crippen LogP contribution in [0, 0.1) is 5.92 Å². The number of aliphatic imine (C=N–C) groups is 1. The summed E-state index contributed by atoms with van der Waals surface area (Å²) in [5.74, 6) is 1.67. The fourth-order valence-electron chi connectivity index (χ4n) is 3.91. The summed E-state index contributed by atoms with van der Waals surface area (Å²) in [6.45, 7) is 9.15. The molecular weight excluding hydrogens is 284 g/mol. The normalized spacial score (nSPS) is 20.2. The van der Waals surface area contributed by atoms with Crippen LogP contribution < -0.4 is 10.2 Å². The van der Waals surface area contributed by atoms with Gasteiger partial charge in [-0.15, -0.1) is 0 Å². The maximum absolute atomic E-state index is 4.54. The van der Waals surface area contributed by atoms with Crippen molar-refractivity contribution in [3.8, 4) is 0 Å². The molecule has 23 heavy (non-hydrogen) atoms. The molecule has 1 fully saturated rings.